The van der Waals surface area contributed by atoms with Gasteiger partial charge in [-0.2, -0.15) is 0 Å². The number of fused-ring (bicyclic) bond motifs is 1. The second-order valence-corrected chi connectivity index (χ2v) is 8.66. The molecule has 2 heterocycles. The Kier molecular flexibility index (Phi) is 7.16. The molecule has 0 spiro atoms. The molecule has 4 rings (SSSR count). The molecule has 1 aromatic heterocycles. The summed E-state index contributed by atoms with van der Waals surface area (Å²) in [6.45, 7) is 5.15. The largest absolute Gasteiger partial charge is 0.496 e. The van der Waals surface area contributed by atoms with Crippen molar-refractivity contribution in [3.05, 3.63) is 95.8 Å². The molecule has 6 heteroatoms. The zero-order chi connectivity index (χ0) is 24.1. The lowest BCUT2D eigenvalue weighted by molar-refractivity contribution is -0.141. The highest BCUT2D eigenvalue weighted by atomic mass is 16.5. The lowest BCUT2D eigenvalue weighted by Gasteiger charge is -2.39. The third-order valence-electron chi connectivity index (χ3n) is 6.22. The van der Waals surface area contributed by atoms with Crippen molar-refractivity contribution < 1.29 is 14.3 Å². The van der Waals surface area contributed by atoms with Gasteiger partial charge >= 0.3 is 0 Å². The Morgan fingerprint density at radius 1 is 1.03 bits per heavy atom. The average molecular weight is 458 g/mol. The molecule has 176 valence electrons. The number of nitrogens with zero attached hydrogens (tertiary/aromatic N) is 3. The topological polar surface area (TPSA) is 54.8 Å². The molecule has 2 aromatic carbocycles. The van der Waals surface area contributed by atoms with Gasteiger partial charge in [0.2, 0.25) is 11.8 Å². The molecule has 1 atom stereocenters. The van der Waals surface area contributed by atoms with Gasteiger partial charge in [0.25, 0.3) is 0 Å². The Labute approximate surface area is 201 Å². The summed E-state index contributed by atoms with van der Waals surface area (Å²) in [6.07, 6.45) is 5.37. The van der Waals surface area contributed by atoms with Gasteiger partial charge in [0.15, 0.2) is 0 Å². The van der Waals surface area contributed by atoms with Gasteiger partial charge in [-0.1, -0.05) is 48.5 Å². The molecule has 34 heavy (non-hydrogen) atoms. The van der Waals surface area contributed by atoms with Crippen LogP contribution < -0.4 is 4.74 Å². The van der Waals surface area contributed by atoms with Gasteiger partial charge in [0.1, 0.15) is 18.3 Å². The summed E-state index contributed by atoms with van der Waals surface area (Å²) in [6, 6.07) is 21.1. The van der Waals surface area contributed by atoms with Gasteiger partial charge in [0, 0.05) is 42.7 Å². The van der Waals surface area contributed by atoms with Gasteiger partial charge in [-0.3, -0.25) is 9.59 Å². The summed E-state index contributed by atoms with van der Waals surface area (Å²) in [7, 11) is 1.64. The normalized spacial score (nSPS) is 15.4. The zero-order valence-corrected chi connectivity index (χ0v) is 19.9. The Balaban J connectivity index is 1.59. The van der Waals surface area contributed by atoms with Gasteiger partial charge in [0.05, 0.1) is 7.11 Å². The van der Waals surface area contributed by atoms with E-state index in [9.17, 15) is 9.59 Å². The van der Waals surface area contributed by atoms with Crippen LogP contribution in [-0.2, 0) is 16.1 Å². The standard InChI is InChI=1S/C28H31N3O3/c1-21(2)31(26(32)16-15-22-10-5-4-6-11-22)20-27(33)30-19-18-29-17-9-13-24(29)28(30)23-12-7-8-14-25(23)34-3/h4-17,21,28H,18-20H2,1-3H3/b16-15+/t28-/m1/s1. The third kappa shape index (κ3) is 4.91. The van der Waals surface area contributed by atoms with Crippen molar-refractivity contribution in [1.29, 1.82) is 0 Å². The smallest absolute Gasteiger partial charge is 0.247 e. The van der Waals surface area contributed by atoms with E-state index in [1.165, 1.54) is 0 Å². The van der Waals surface area contributed by atoms with Crippen molar-refractivity contribution in [1.82, 2.24) is 14.4 Å². The maximum Gasteiger partial charge on any atom is 0.247 e. The van der Waals surface area contributed by atoms with E-state index in [0.717, 1.165) is 22.6 Å². The molecule has 0 unspecified atom stereocenters. The van der Waals surface area contributed by atoms with Crippen LogP contribution in [0.1, 0.15) is 36.7 Å². The number of ether oxygens (including phenoxy) is 1. The molecule has 2 amide bonds. The van der Waals surface area contributed by atoms with Crippen molar-refractivity contribution >= 4 is 17.9 Å². The molecular formula is C28H31N3O3. The fourth-order valence-electron chi connectivity index (χ4n) is 4.45. The molecule has 1 aliphatic rings. The summed E-state index contributed by atoms with van der Waals surface area (Å²) in [5, 5.41) is 0. The van der Waals surface area contributed by atoms with Gasteiger partial charge in [-0.25, -0.2) is 0 Å². The van der Waals surface area contributed by atoms with E-state index in [1.807, 2.05) is 91.7 Å². The minimum atomic E-state index is -0.281. The van der Waals surface area contributed by atoms with Crippen LogP contribution in [-0.4, -0.2) is 52.4 Å². The molecule has 0 radical (unpaired) electrons. The van der Waals surface area contributed by atoms with Crippen LogP contribution in [0.4, 0.5) is 0 Å². The summed E-state index contributed by atoms with van der Waals surface area (Å²) < 4.78 is 7.80. The Hall–Kier alpha value is -3.80. The quantitative estimate of drug-likeness (QED) is 0.495. The van der Waals surface area contributed by atoms with Crippen molar-refractivity contribution in [2.75, 3.05) is 20.2 Å². The number of para-hydroxylation sites is 1. The fourth-order valence-corrected chi connectivity index (χ4v) is 4.45. The predicted octanol–water partition coefficient (Wildman–Crippen LogP) is 4.38. The van der Waals surface area contributed by atoms with Crippen molar-refractivity contribution in [2.24, 2.45) is 0 Å². The average Bonchev–Trinajstić information content (AvgIpc) is 3.34. The van der Waals surface area contributed by atoms with E-state index < -0.39 is 0 Å². The van der Waals surface area contributed by atoms with E-state index in [2.05, 4.69) is 4.57 Å². The minimum Gasteiger partial charge on any atom is -0.496 e. The molecule has 0 fully saturated rings. The van der Waals surface area contributed by atoms with Gasteiger partial charge < -0.3 is 19.1 Å². The van der Waals surface area contributed by atoms with Crippen molar-refractivity contribution in [2.45, 2.75) is 32.5 Å². The number of methoxy groups -OCH3 is 1. The van der Waals surface area contributed by atoms with Crippen LogP contribution >= 0.6 is 0 Å². The zero-order valence-electron chi connectivity index (χ0n) is 19.9. The van der Waals surface area contributed by atoms with Crippen LogP contribution in [0.5, 0.6) is 5.75 Å². The highest BCUT2D eigenvalue weighted by Gasteiger charge is 2.35. The molecule has 6 nitrogen and oxygen atoms in total. The first kappa shape index (κ1) is 23.4. The van der Waals surface area contributed by atoms with Crippen LogP contribution in [0.15, 0.2) is 79.0 Å². The highest BCUT2D eigenvalue weighted by Crippen LogP contribution is 2.37. The van der Waals surface area contributed by atoms with Crippen LogP contribution in [0.2, 0.25) is 0 Å². The van der Waals surface area contributed by atoms with E-state index in [4.69, 9.17) is 4.74 Å². The number of rotatable bonds is 7. The number of carbonyl (C=O) groups excluding carboxylic acids is 2. The number of aromatic nitrogens is 1. The predicted molar refractivity (Wildman–Crippen MR) is 133 cm³/mol. The van der Waals surface area contributed by atoms with E-state index >= 15 is 0 Å². The van der Waals surface area contributed by atoms with E-state index in [0.29, 0.717) is 13.1 Å². The minimum absolute atomic E-state index is 0.0159. The Bertz CT molecular complexity index is 1170. The van der Waals surface area contributed by atoms with E-state index in [-0.39, 0.29) is 30.4 Å². The second-order valence-electron chi connectivity index (χ2n) is 8.66. The molecule has 3 aromatic rings. The molecule has 0 saturated carbocycles. The number of hydrogen-bond acceptors (Lipinski definition) is 3. The molecular weight excluding hydrogens is 426 g/mol. The molecule has 1 aliphatic heterocycles. The maximum atomic E-state index is 13.7. The Morgan fingerprint density at radius 3 is 2.50 bits per heavy atom. The van der Waals surface area contributed by atoms with E-state index in [1.54, 1.807) is 24.2 Å². The van der Waals surface area contributed by atoms with Crippen LogP contribution in [0, 0.1) is 0 Å². The molecule has 0 bridgehead atoms. The maximum absolute atomic E-state index is 13.7. The van der Waals surface area contributed by atoms with Crippen molar-refractivity contribution in [3.8, 4) is 5.75 Å². The fraction of sp³-hybridized carbons (Fsp3) is 0.286. The summed E-state index contributed by atoms with van der Waals surface area (Å²) in [5.74, 6) is 0.475. The lowest BCUT2D eigenvalue weighted by Crippen LogP contribution is -2.49. The number of hydrogen-bond donors (Lipinski definition) is 0. The van der Waals surface area contributed by atoms with Crippen molar-refractivity contribution in [3.63, 3.8) is 0 Å². The number of amides is 2. The summed E-state index contributed by atoms with van der Waals surface area (Å²) in [5.41, 5.74) is 2.92. The summed E-state index contributed by atoms with van der Waals surface area (Å²) >= 11 is 0. The van der Waals surface area contributed by atoms with Gasteiger partial charge in [-0.15, -0.1) is 0 Å². The second kappa shape index (κ2) is 10.4. The third-order valence-corrected chi connectivity index (χ3v) is 6.22. The first-order chi connectivity index (χ1) is 16.5. The monoisotopic (exact) mass is 457 g/mol. The first-order valence-corrected chi connectivity index (χ1v) is 11.6. The van der Waals surface area contributed by atoms with Crippen LogP contribution in [0.3, 0.4) is 0 Å². The summed E-state index contributed by atoms with van der Waals surface area (Å²) in [4.78, 5) is 30.2. The SMILES string of the molecule is COc1ccccc1[C@@H]1c2cccn2CCN1C(=O)CN(C(=O)/C=C/c1ccccc1)C(C)C. The lowest BCUT2D eigenvalue weighted by atomic mass is 9.98. The Morgan fingerprint density at radius 2 is 1.76 bits per heavy atom. The van der Waals surface area contributed by atoms with Gasteiger partial charge in [-0.05, 0) is 43.7 Å². The number of carbonyl (C=O) groups is 2. The molecule has 0 N–H and O–H groups in total. The molecule has 0 aliphatic carbocycles. The number of benzene rings is 2. The highest BCUT2D eigenvalue weighted by molar-refractivity contribution is 5.94. The van der Waals surface area contributed by atoms with Crippen LogP contribution in [0.25, 0.3) is 6.08 Å². The molecule has 0 saturated heterocycles. The first-order valence-electron chi connectivity index (χ1n) is 11.6.